The fourth-order valence-corrected chi connectivity index (χ4v) is 7.28. The van der Waals surface area contributed by atoms with Gasteiger partial charge in [-0.25, -0.2) is 8.42 Å². The third kappa shape index (κ3) is 3.11. The van der Waals surface area contributed by atoms with Crippen molar-refractivity contribution in [1.82, 2.24) is 0 Å². The Hall–Kier alpha value is -1.34. The van der Waals surface area contributed by atoms with Gasteiger partial charge < -0.3 is 4.90 Å². The van der Waals surface area contributed by atoms with E-state index in [9.17, 15) is 13.2 Å². The van der Waals surface area contributed by atoms with Crippen LogP contribution in [0.1, 0.15) is 31.4 Å². The van der Waals surface area contributed by atoms with E-state index in [1.165, 1.54) is 11.8 Å². The minimum Gasteiger partial charge on any atom is -0.315 e. The number of carbonyl (C=O) groups is 1. The molecule has 2 aliphatic rings. The van der Waals surface area contributed by atoms with Crippen LogP contribution in [0.5, 0.6) is 0 Å². The molecule has 1 aromatic rings. The summed E-state index contributed by atoms with van der Waals surface area (Å²) >= 11 is 1.43. The number of benzene rings is 1. The van der Waals surface area contributed by atoms with Crippen molar-refractivity contribution < 1.29 is 13.2 Å². The Kier molecular flexibility index (Phi) is 4.75. The Balaban J connectivity index is 2.12. The van der Waals surface area contributed by atoms with Crippen LogP contribution in [0.4, 0.5) is 5.69 Å². The van der Waals surface area contributed by atoms with Gasteiger partial charge in [-0.05, 0) is 24.5 Å². The number of para-hydroxylation sites is 1. The molecule has 1 aromatic carbocycles. The average molecular weight is 367 g/mol. The molecular weight excluding hydrogens is 344 g/mol. The number of hydrogen-bond acceptors (Lipinski definition) is 4. The normalized spacial score (nSPS) is 26.8. The van der Waals surface area contributed by atoms with Crippen LogP contribution in [0.3, 0.4) is 0 Å². The Morgan fingerprint density at radius 2 is 2.08 bits per heavy atom. The van der Waals surface area contributed by atoms with Gasteiger partial charge in [0.2, 0.25) is 5.91 Å². The van der Waals surface area contributed by atoms with E-state index in [2.05, 4.69) is 18.0 Å². The Morgan fingerprint density at radius 1 is 1.33 bits per heavy atom. The molecule has 130 valence electrons. The van der Waals surface area contributed by atoms with Gasteiger partial charge in [0.1, 0.15) is 0 Å². The predicted molar refractivity (Wildman–Crippen MR) is 99.6 cm³/mol. The minimum absolute atomic E-state index is 0.0530. The van der Waals surface area contributed by atoms with Gasteiger partial charge in [0.25, 0.3) is 0 Å². The molecule has 5 nitrogen and oxygen atoms in total. The molecule has 1 amide bonds. The van der Waals surface area contributed by atoms with Gasteiger partial charge in [0.05, 0.1) is 17.5 Å². The van der Waals surface area contributed by atoms with Gasteiger partial charge in [-0.3, -0.25) is 4.79 Å². The van der Waals surface area contributed by atoms with Gasteiger partial charge in [0, 0.05) is 17.4 Å². The van der Waals surface area contributed by atoms with Gasteiger partial charge >= 0.3 is 0 Å². The maximum absolute atomic E-state index is 12.1. The number of anilines is 1. The van der Waals surface area contributed by atoms with Crippen molar-refractivity contribution in [2.24, 2.45) is 4.99 Å². The summed E-state index contributed by atoms with van der Waals surface area (Å²) in [7, 11) is -3.04. The lowest BCUT2D eigenvalue weighted by Gasteiger charge is -2.28. The summed E-state index contributed by atoms with van der Waals surface area (Å²) in [6, 6.07) is 5.95. The van der Waals surface area contributed by atoms with Gasteiger partial charge in [-0.15, -0.1) is 0 Å². The van der Waals surface area contributed by atoms with Crippen molar-refractivity contribution >= 4 is 38.4 Å². The highest BCUT2D eigenvalue weighted by Crippen LogP contribution is 2.43. The van der Waals surface area contributed by atoms with Crippen molar-refractivity contribution in [2.45, 2.75) is 44.9 Å². The van der Waals surface area contributed by atoms with Crippen LogP contribution in [-0.2, 0) is 21.1 Å². The van der Waals surface area contributed by atoms with E-state index in [-0.39, 0.29) is 28.7 Å². The predicted octanol–water partition coefficient (Wildman–Crippen LogP) is 2.57. The molecule has 0 aromatic heterocycles. The van der Waals surface area contributed by atoms with Crippen LogP contribution in [0.2, 0.25) is 0 Å². The molecule has 0 spiro atoms. The van der Waals surface area contributed by atoms with Crippen LogP contribution < -0.4 is 4.90 Å². The Labute approximate surface area is 147 Å². The zero-order valence-electron chi connectivity index (χ0n) is 14.2. The number of nitrogens with zero attached hydrogens (tertiary/aromatic N) is 2. The highest BCUT2D eigenvalue weighted by molar-refractivity contribution is 8.16. The first-order valence-electron chi connectivity index (χ1n) is 8.22. The molecule has 0 unspecified atom stereocenters. The van der Waals surface area contributed by atoms with E-state index >= 15 is 0 Å². The summed E-state index contributed by atoms with van der Waals surface area (Å²) in [6.45, 7) is 5.89. The maximum atomic E-state index is 12.1. The largest absolute Gasteiger partial charge is 0.315 e. The molecule has 0 aliphatic carbocycles. The van der Waals surface area contributed by atoms with Crippen LogP contribution in [0.25, 0.3) is 0 Å². The van der Waals surface area contributed by atoms with E-state index < -0.39 is 9.84 Å². The second-order valence-electron chi connectivity index (χ2n) is 6.25. The summed E-state index contributed by atoms with van der Waals surface area (Å²) in [5, 5.41) is 0.596. The number of amides is 1. The standard InChI is InChI=1S/C17H22N2O3S2/c1-4-12-8-6-7-11(3)16(12)19-13-9-24(21,22)10-14(13)23-17(19)18-15(20)5-2/h6-8,13-14H,4-5,9-10H2,1-3H3/t13-,14-/m0/s1. The first-order chi connectivity index (χ1) is 11.4. The third-order valence-electron chi connectivity index (χ3n) is 4.53. The number of thioether (sulfide) groups is 1. The molecule has 0 radical (unpaired) electrons. The van der Waals surface area contributed by atoms with E-state index in [0.29, 0.717) is 11.6 Å². The number of carbonyl (C=O) groups excluding carboxylic acids is 1. The SMILES string of the molecule is CCC(=O)N=C1S[C@H]2CS(=O)(=O)C[C@@H]2N1c1c(C)cccc1CC. The molecule has 3 rings (SSSR count). The Morgan fingerprint density at radius 3 is 2.75 bits per heavy atom. The molecule has 2 aliphatic heterocycles. The molecule has 0 saturated carbocycles. The quantitative estimate of drug-likeness (QED) is 0.822. The van der Waals surface area contributed by atoms with E-state index in [4.69, 9.17) is 0 Å². The maximum Gasteiger partial charge on any atom is 0.247 e. The number of rotatable bonds is 3. The Bertz CT molecular complexity index is 802. The highest BCUT2D eigenvalue weighted by atomic mass is 32.2. The third-order valence-corrected chi connectivity index (χ3v) is 7.74. The van der Waals surface area contributed by atoms with Crippen LogP contribution in [0, 0.1) is 6.92 Å². The topological polar surface area (TPSA) is 66.8 Å². The number of sulfone groups is 1. The minimum atomic E-state index is -3.04. The smallest absolute Gasteiger partial charge is 0.247 e. The van der Waals surface area contributed by atoms with Crippen molar-refractivity contribution in [1.29, 1.82) is 0 Å². The second kappa shape index (κ2) is 6.52. The zero-order chi connectivity index (χ0) is 17.5. The fourth-order valence-electron chi connectivity index (χ4n) is 3.36. The lowest BCUT2D eigenvalue weighted by molar-refractivity contribution is -0.117. The van der Waals surface area contributed by atoms with Gasteiger partial charge in [-0.1, -0.05) is 43.8 Å². The summed E-state index contributed by atoms with van der Waals surface area (Å²) in [5.41, 5.74) is 3.24. The van der Waals surface area contributed by atoms with Crippen molar-refractivity contribution in [3.05, 3.63) is 29.3 Å². The second-order valence-corrected chi connectivity index (χ2v) is 9.61. The number of fused-ring (bicyclic) bond motifs is 1. The lowest BCUT2D eigenvalue weighted by atomic mass is 10.0. The molecule has 24 heavy (non-hydrogen) atoms. The van der Waals surface area contributed by atoms with E-state index in [1.54, 1.807) is 6.92 Å². The molecule has 2 atom stereocenters. The number of aryl methyl sites for hydroxylation is 2. The average Bonchev–Trinajstić information content (AvgIpc) is 2.98. The molecule has 2 heterocycles. The summed E-state index contributed by atoms with van der Waals surface area (Å²) in [6.07, 6.45) is 1.19. The van der Waals surface area contributed by atoms with E-state index in [1.807, 2.05) is 24.0 Å². The number of amidine groups is 1. The first kappa shape index (κ1) is 17.5. The first-order valence-corrected chi connectivity index (χ1v) is 10.9. The van der Waals surface area contributed by atoms with Crippen LogP contribution >= 0.6 is 11.8 Å². The number of hydrogen-bond donors (Lipinski definition) is 0. The van der Waals surface area contributed by atoms with Crippen LogP contribution in [0.15, 0.2) is 23.2 Å². The molecule has 2 fully saturated rings. The molecular formula is C17H22N2O3S2. The monoisotopic (exact) mass is 366 g/mol. The summed E-state index contributed by atoms with van der Waals surface area (Å²) in [4.78, 5) is 18.2. The molecule has 2 saturated heterocycles. The summed E-state index contributed by atoms with van der Waals surface area (Å²) in [5.74, 6) is 0.115. The molecule has 7 heteroatoms. The molecule has 0 bridgehead atoms. The van der Waals surface area contributed by atoms with Crippen molar-refractivity contribution in [3.8, 4) is 0 Å². The van der Waals surface area contributed by atoms with Crippen molar-refractivity contribution in [2.75, 3.05) is 16.4 Å². The zero-order valence-corrected chi connectivity index (χ0v) is 15.8. The van der Waals surface area contributed by atoms with E-state index in [0.717, 1.165) is 23.2 Å². The summed E-state index contributed by atoms with van der Waals surface area (Å²) < 4.78 is 24.2. The fraction of sp³-hybridized carbons (Fsp3) is 0.529. The van der Waals surface area contributed by atoms with Crippen LogP contribution in [-0.4, -0.2) is 42.3 Å². The molecule has 0 N–H and O–H groups in total. The lowest BCUT2D eigenvalue weighted by Crippen LogP contribution is -2.38. The van der Waals surface area contributed by atoms with Gasteiger partial charge in [-0.2, -0.15) is 4.99 Å². The highest BCUT2D eigenvalue weighted by Gasteiger charge is 2.50. The van der Waals surface area contributed by atoms with Gasteiger partial charge in [0.15, 0.2) is 15.0 Å². The number of aliphatic imine (C=N–C) groups is 1. The van der Waals surface area contributed by atoms with Crippen molar-refractivity contribution in [3.63, 3.8) is 0 Å².